The summed E-state index contributed by atoms with van der Waals surface area (Å²) in [6, 6.07) is 16.2. The number of amides is 1. The molecule has 1 aliphatic rings. The van der Waals surface area contributed by atoms with Crippen molar-refractivity contribution in [1.82, 2.24) is 19.9 Å². The number of pyridine rings is 1. The second kappa shape index (κ2) is 8.31. The zero-order valence-electron chi connectivity index (χ0n) is 18.4. The maximum absolute atomic E-state index is 13.0. The molecule has 7 heteroatoms. The number of hydrogen-bond donors (Lipinski definition) is 0. The van der Waals surface area contributed by atoms with Crippen LogP contribution in [-0.4, -0.2) is 52.9 Å². The SMILES string of the molecule is Cc1cc(N2CC[C@H](c3c(C(=O)N(C)C)sc4ncccc34)C2)nc(-c2ccccc2)n1. The summed E-state index contributed by atoms with van der Waals surface area (Å²) in [4.78, 5) is 32.7. The summed E-state index contributed by atoms with van der Waals surface area (Å²) < 4.78 is 0. The third kappa shape index (κ3) is 3.73. The van der Waals surface area contributed by atoms with E-state index in [-0.39, 0.29) is 11.8 Å². The lowest BCUT2D eigenvalue weighted by Gasteiger charge is -2.19. The van der Waals surface area contributed by atoms with Gasteiger partial charge in [-0.15, -0.1) is 11.3 Å². The molecule has 1 amide bonds. The molecule has 0 spiro atoms. The minimum absolute atomic E-state index is 0.0469. The third-order valence-electron chi connectivity index (χ3n) is 5.90. The smallest absolute Gasteiger partial charge is 0.263 e. The predicted molar refractivity (Wildman–Crippen MR) is 129 cm³/mol. The number of carbonyl (C=O) groups excluding carboxylic acids is 1. The lowest BCUT2D eigenvalue weighted by Crippen LogP contribution is -2.23. The Labute approximate surface area is 191 Å². The van der Waals surface area contributed by atoms with Crippen molar-refractivity contribution in [2.75, 3.05) is 32.1 Å². The lowest BCUT2D eigenvalue weighted by atomic mass is 9.95. The van der Waals surface area contributed by atoms with Crippen molar-refractivity contribution >= 4 is 33.3 Å². The van der Waals surface area contributed by atoms with Gasteiger partial charge in [0.2, 0.25) is 0 Å². The van der Waals surface area contributed by atoms with Gasteiger partial charge in [-0.3, -0.25) is 4.79 Å². The summed E-state index contributed by atoms with van der Waals surface area (Å²) in [6.07, 6.45) is 2.76. The number of hydrogen-bond acceptors (Lipinski definition) is 6. The maximum Gasteiger partial charge on any atom is 0.263 e. The van der Waals surface area contributed by atoms with E-state index in [1.807, 2.05) is 49.4 Å². The van der Waals surface area contributed by atoms with Crippen molar-refractivity contribution < 1.29 is 4.79 Å². The van der Waals surface area contributed by atoms with Crippen molar-refractivity contribution in [3.8, 4) is 11.4 Å². The van der Waals surface area contributed by atoms with E-state index in [2.05, 4.69) is 20.9 Å². The topological polar surface area (TPSA) is 62.2 Å². The molecule has 0 unspecified atom stereocenters. The molecule has 0 bridgehead atoms. The van der Waals surface area contributed by atoms with Crippen LogP contribution in [0.25, 0.3) is 21.6 Å². The molecule has 0 saturated carbocycles. The second-order valence-electron chi connectivity index (χ2n) is 8.39. The highest BCUT2D eigenvalue weighted by atomic mass is 32.1. The first-order chi connectivity index (χ1) is 15.5. The van der Waals surface area contributed by atoms with Gasteiger partial charge in [0.25, 0.3) is 5.91 Å². The van der Waals surface area contributed by atoms with E-state index in [9.17, 15) is 4.79 Å². The Morgan fingerprint density at radius 3 is 2.72 bits per heavy atom. The first-order valence-corrected chi connectivity index (χ1v) is 11.6. The molecule has 1 aromatic carbocycles. The standard InChI is InChI=1S/C25H25N5OS/c1-16-14-20(28-23(27-16)17-8-5-4-6-9-17)30-13-11-18(15-30)21-19-10-7-12-26-24(19)32-22(21)25(31)29(2)3/h4-10,12,14,18H,11,13,15H2,1-3H3/t18-/m0/s1. The van der Waals surface area contributed by atoms with Crippen LogP contribution < -0.4 is 4.90 Å². The molecule has 1 aliphatic heterocycles. The summed E-state index contributed by atoms with van der Waals surface area (Å²) >= 11 is 1.50. The maximum atomic E-state index is 13.0. The summed E-state index contributed by atoms with van der Waals surface area (Å²) in [5, 5.41) is 1.10. The first-order valence-electron chi connectivity index (χ1n) is 10.8. The molecule has 0 aliphatic carbocycles. The van der Waals surface area contributed by atoms with Crippen LogP contribution in [0.1, 0.15) is 33.3 Å². The highest BCUT2D eigenvalue weighted by Gasteiger charge is 2.32. The number of thiophene rings is 1. The number of carbonyl (C=O) groups is 1. The van der Waals surface area contributed by atoms with E-state index in [4.69, 9.17) is 4.98 Å². The zero-order chi connectivity index (χ0) is 22.2. The molecule has 1 atom stereocenters. The lowest BCUT2D eigenvalue weighted by molar-refractivity contribution is 0.0831. The number of rotatable bonds is 4. The molecule has 5 rings (SSSR count). The molecule has 3 aromatic heterocycles. The molecular weight excluding hydrogens is 418 g/mol. The second-order valence-corrected chi connectivity index (χ2v) is 9.39. The van der Waals surface area contributed by atoms with Crippen molar-refractivity contribution in [2.45, 2.75) is 19.3 Å². The Morgan fingerprint density at radius 1 is 1.12 bits per heavy atom. The molecule has 1 saturated heterocycles. The van der Waals surface area contributed by atoms with Gasteiger partial charge in [-0.1, -0.05) is 36.4 Å². The molecule has 4 aromatic rings. The largest absolute Gasteiger partial charge is 0.356 e. The van der Waals surface area contributed by atoms with Gasteiger partial charge in [0, 0.05) is 62.0 Å². The van der Waals surface area contributed by atoms with Gasteiger partial charge >= 0.3 is 0 Å². The van der Waals surface area contributed by atoms with Crippen molar-refractivity contribution in [3.63, 3.8) is 0 Å². The highest BCUT2D eigenvalue weighted by molar-refractivity contribution is 7.20. The number of aromatic nitrogens is 3. The number of aryl methyl sites for hydroxylation is 1. The number of anilines is 1. The molecule has 4 heterocycles. The van der Waals surface area contributed by atoms with Crippen LogP contribution in [-0.2, 0) is 0 Å². The van der Waals surface area contributed by atoms with E-state index >= 15 is 0 Å². The van der Waals surface area contributed by atoms with Gasteiger partial charge in [0.1, 0.15) is 10.6 Å². The van der Waals surface area contributed by atoms with E-state index < -0.39 is 0 Å². The Hall–Kier alpha value is -3.32. The van der Waals surface area contributed by atoms with Crippen molar-refractivity contribution in [1.29, 1.82) is 0 Å². The van der Waals surface area contributed by atoms with Crippen molar-refractivity contribution in [3.05, 3.63) is 70.9 Å². The van der Waals surface area contributed by atoms with E-state index in [1.165, 1.54) is 11.3 Å². The molecule has 32 heavy (non-hydrogen) atoms. The Morgan fingerprint density at radius 2 is 1.94 bits per heavy atom. The fourth-order valence-corrected chi connectivity index (χ4v) is 5.60. The minimum Gasteiger partial charge on any atom is -0.356 e. The van der Waals surface area contributed by atoms with Gasteiger partial charge in [-0.2, -0.15) is 0 Å². The zero-order valence-corrected chi connectivity index (χ0v) is 19.3. The van der Waals surface area contributed by atoms with Crippen LogP contribution in [0.5, 0.6) is 0 Å². The normalized spacial score (nSPS) is 16.0. The van der Waals surface area contributed by atoms with E-state index in [0.29, 0.717) is 0 Å². The summed E-state index contributed by atoms with van der Waals surface area (Å²) in [7, 11) is 3.61. The fraction of sp³-hybridized carbons (Fsp3) is 0.280. The Balaban J connectivity index is 1.50. The van der Waals surface area contributed by atoms with Crippen molar-refractivity contribution in [2.24, 2.45) is 0 Å². The van der Waals surface area contributed by atoms with Crippen LogP contribution in [0.2, 0.25) is 0 Å². The van der Waals surface area contributed by atoms with Gasteiger partial charge in [-0.25, -0.2) is 15.0 Å². The number of fused-ring (bicyclic) bond motifs is 1. The monoisotopic (exact) mass is 443 g/mol. The van der Waals surface area contributed by atoms with Gasteiger partial charge < -0.3 is 9.80 Å². The van der Waals surface area contributed by atoms with Gasteiger partial charge in [0.05, 0.1) is 4.88 Å². The van der Waals surface area contributed by atoms with Gasteiger partial charge in [-0.05, 0) is 25.0 Å². The van der Waals surface area contributed by atoms with E-state index in [1.54, 1.807) is 25.2 Å². The summed E-state index contributed by atoms with van der Waals surface area (Å²) in [6.45, 7) is 3.72. The first kappa shape index (κ1) is 20.6. The molecule has 1 fully saturated rings. The van der Waals surface area contributed by atoms with E-state index in [0.717, 1.165) is 63.1 Å². The Kier molecular flexibility index (Phi) is 5.35. The summed E-state index contributed by atoms with van der Waals surface area (Å²) in [5.74, 6) is 1.99. The third-order valence-corrected chi connectivity index (χ3v) is 7.02. The van der Waals surface area contributed by atoms with Crippen LogP contribution in [0, 0.1) is 6.92 Å². The average Bonchev–Trinajstić information content (AvgIpc) is 3.43. The minimum atomic E-state index is 0.0469. The molecule has 0 N–H and O–H groups in total. The molecule has 6 nitrogen and oxygen atoms in total. The quantitative estimate of drug-likeness (QED) is 0.455. The molecule has 162 valence electrons. The van der Waals surface area contributed by atoms with Crippen LogP contribution in [0.3, 0.4) is 0 Å². The predicted octanol–water partition coefficient (Wildman–Crippen LogP) is 4.76. The number of benzene rings is 1. The van der Waals surface area contributed by atoms with Crippen LogP contribution in [0.4, 0.5) is 5.82 Å². The van der Waals surface area contributed by atoms with Crippen LogP contribution >= 0.6 is 11.3 Å². The highest BCUT2D eigenvalue weighted by Crippen LogP contribution is 2.40. The fourth-order valence-electron chi connectivity index (χ4n) is 4.35. The summed E-state index contributed by atoms with van der Waals surface area (Å²) in [5.41, 5.74) is 3.10. The average molecular weight is 444 g/mol. The number of nitrogens with zero attached hydrogens (tertiary/aromatic N) is 5. The molecule has 0 radical (unpaired) electrons. The van der Waals surface area contributed by atoms with Gasteiger partial charge in [0.15, 0.2) is 5.82 Å². The Bertz CT molecular complexity index is 1280. The molecular formula is C25H25N5OS. The van der Waals surface area contributed by atoms with Crippen LogP contribution in [0.15, 0.2) is 54.7 Å².